The van der Waals surface area contributed by atoms with Crippen LogP contribution in [0.2, 0.25) is 0 Å². The molecule has 1 amide bonds. The highest BCUT2D eigenvalue weighted by Gasteiger charge is 2.19. The molecule has 1 saturated heterocycles. The van der Waals surface area contributed by atoms with Crippen LogP contribution in [0, 0.1) is 5.41 Å². The van der Waals surface area contributed by atoms with Crippen molar-refractivity contribution in [3.05, 3.63) is 29.3 Å². The van der Waals surface area contributed by atoms with Crippen molar-refractivity contribution < 1.29 is 14.3 Å². The average molecular weight is 361 g/mol. The third-order valence-corrected chi connectivity index (χ3v) is 4.13. The molecule has 0 bridgehead atoms. The molecule has 1 fully saturated rings. The highest BCUT2D eigenvalue weighted by atomic mass is 16.6. The summed E-state index contributed by atoms with van der Waals surface area (Å²) in [6.45, 7) is 8.22. The van der Waals surface area contributed by atoms with Crippen molar-refractivity contribution in [2.45, 2.75) is 71.2 Å². The minimum absolute atomic E-state index is 0.00462. The normalized spacial score (nSPS) is 18.7. The largest absolute Gasteiger partial charge is 0.444 e. The molecule has 1 aromatic rings. The summed E-state index contributed by atoms with van der Waals surface area (Å²) in [5.41, 5.74) is 2.21. The maximum atomic E-state index is 11.9. The number of carbonyl (C=O) groups excluding carboxylic acids is 1. The summed E-state index contributed by atoms with van der Waals surface area (Å²) in [5.74, 6) is 0. The van der Waals surface area contributed by atoms with Gasteiger partial charge in [0.1, 0.15) is 11.8 Å². The Balaban J connectivity index is 2.03. The zero-order valence-corrected chi connectivity index (χ0v) is 16.2. The van der Waals surface area contributed by atoms with Crippen molar-refractivity contribution in [1.82, 2.24) is 5.32 Å². The molecule has 6 nitrogen and oxygen atoms in total. The molecule has 0 radical (unpaired) electrons. The molecule has 2 rings (SSSR count). The van der Waals surface area contributed by atoms with Gasteiger partial charge in [-0.15, -0.1) is 0 Å². The lowest BCUT2D eigenvalue weighted by Gasteiger charge is -2.26. The number of rotatable bonds is 6. The maximum Gasteiger partial charge on any atom is 0.407 e. The van der Waals surface area contributed by atoms with Crippen LogP contribution in [-0.4, -0.2) is 36.8 Å². The molecule has 144 valence electrons. The predicted molar refractivity (Wildman–Crippen MR) is 104 cm³/mol. The molecule has 6 heteroatoms. The molecule has 1 unspecified atom stereocenters. The lowest BCUT2D eigenvalue weighted by atomic mass is 9.99. The number of amides is 1. The number of benzene rings is 1. The van der Waals surface area contributed by atoms with E-state index in [4.69, 9.17) is 14.9 Å². The summed E-state index contributed by atoms with van der Waals surface area (Å²) in [6, 6.07) is 5.81. The molecular weight excluding hydrogens is 330 g/mol. The van der Waals surface area contributed by atoms with Crippen LogP contribution in [0.25, 0.3) is 0 Å². The van der Waals surface area contributed by atoms with Crippen LogP contribution < -0.4 is 10.6 Å². The third-order valence-electron chi connectivity index (χ3n) is 4.13. The van der Waals surface area contributed by atoms with Crippen molar-refractivity contribution in [3.8, 4) is 0 Å². The molecule has 2 atom stereocenters. The van der Waals surface area contributed by atoms with E-state index < -0.39 is 11.7 Å². The Hall–Kier alpha value is -2.08. The van der Waals surface area contributed by atoms with Gasteiger partial charge >= 0.3 is 6.09 Å². The summed E-state index contributed by atoms with van der Waals surface area (Å²) in [4.78, 5) is 11.9. The first kappa shape index (κ1) is 20.2. The van der Waals surface area contributed by atoms with Crippen molar-refractivity contribution in [1.29, 1.82) is 5.41 Å². The van der Waals surface area contributed by atoms with Gasteiger partial charge in [0.25, 0.3) is 0 Å². The second-order valence-electron chi connectivity index (χ2n) is 7.77. The first-order chi connectivity index (χ1) is 12.3. The predicted octanol–water partition coefficient (Wildman–Crippen LogP) is 4.08. The van der Waals surface area contributed by atoms with Crippen molar-refractivity contribution in [2.75, 3.05) is 11.9 Å². The Morgan fingerprint density at radius 3 is 2.81 bits per heavy atom. The molecule has 1 heterocycles. The van der Waals surface area contributed by atoms with Gasteiger partial charge in [-0.2, -0.15) is 0 Å². The van der Waals surface area contributed by atoms with Gasteiger partial charge in [0.2, 0.25) is 0 Å². The van der Waals surface area contributed by atoms with E-state index in [0.717, 1.165) is 42.7 Å². The SMILES string of the molecule is C[C@H](Cc1cccc(NC2CCCCO2)c1C=N)NC(=O)OC(C)(C)C. The van der Waals surface area contributed by atoms with E-state index in [0.29, 0.717) is 6.42 Å². The number of anilines is 1. The van der Waals surface area contributed by atoms with Gasteiger partial charge in [-0.3, -0.25) is 0 Å². The standard InChI is InChI=1S/C20H31N3O3/c1-14(22-19(24)26-20(2,3)4)12-15-8-7-9-17(16(15)13-21)23-18-10-5-6-11-25-18/h7-9,13-14,18,21,23H,5-6,10-12H2,1-4H3,(H,22,24)/t14-,18?/m1/s1. The molecule has 0 saturated carbocycles. The Morgan fingerprint density at radius 1 is 1.42 bits per heavy atom. The zero-order chi connectivity index (χ0) is 19.2. The molecular formula is C20H31N3O3. The summed E-state index contributed by atoms with van der Waals surface area (Å²) >= 11 is 0. The number of nitrogens with one attached hydrogen (secondary N) is 3. The zero-order valence-electron chi connectivity index (χ0n) is 16.2. The van der Waals surface area contributed by atoms with Crippen LogP contribution >= 0.6 is 0 Å². The molecule has 1 aromatic carbocycles. The summed E-state index contributed by atoms with van der Waals surface area (Å²) in [5, 5.41) is 14.1. The number of alkyl carbamates (subject to hydrolysis) is 1. The molecule has 1 aliphatic heterocycles. The first-order valence-corrected chi connectivity index (χ1v) is 9.28. The Morgan fingerprint density at radius 2 is 2.19 bits per heavy atom. The Bertz CT molecular complexity index is 619. The first-order valence-electron chi connectivity index (χ1n) is 9.28. The van der Waals surface area contributed by atoms with Crippen LogP contribution in [0.15, 0.2) is 18.2 Å². The van der Waals surface area contributed by atoms with Crippen LogP contribution in [0.3, 0.4) is 0 Å². The van der Waals surface area contributed by atoms with E-state index in [1.807, 2.05) is 45.9 Å². The van der Waals surface area contributed by atoms with Crippen LogP contribution in [0.5, 0.6) is 0 Å². The molecule has 3 N–H and O–H groups in total. The fourth-order valence-electron chi connectivity index (χ4n) is 3.00. The van der Waals surface area contributed by atoms with Gasteiger partial charge in [-0.25, -0.2) is 4.79 Å². The third kappa shape index (κ3) is 6.33. The topological polar surface area (TPSA) is 83.4 Å². The summed E-state index contributed by atoms with van der Waals surface area (Å²) < 4.78 is 11.0. The molecule has 26 heavy (non-hydrogen) atoms. The number of hydrogen-bond acceptors (Lipinski definition) is 5. The number of ether oxygens (including phenoxy) is 2. The van der Waals surface area contributed by atoms with Crippen molar-refractivity contribution >= 4 is 18.0 Å². The molecule has 0 spiro atoms. The molecule has 0 aromatic heterocycles. The van der Waals surface area contributed by atoms with E-state index in [-0.39, 0.29) is 12.3 Å². The fourth-order valence-corrected chi connectivity index (χ4v) is 3.00. The quantitative estimate of drug-likeness (QED) is 0.667. The number of carbonyl (C=O) groups is 1. The maximum absolute atomic E-state index is 11.9. The molecule has 0 aliphatic carbocycles. The number of hydrogen-bond donors (Lipinski definition) is 3. The smallest absolute Gasteiger partial charge is 0.407 e. The van der Waals surface area contributed by atoms with Gasteiger partial charge in [0.05, 0.1) is 0 Å². The van der Waals surface area contributed by atoms with Gasteiger partial charge in [-0.05, 0) is 65.0 Å². The van der Waals surface area contributed by atoms with Gasteiger partial charge in [0.15, 0.2) is 0 Å². The minimum Gasteiger partial charge on any atom is -0.444 e. The van der Waals surface area contributed by atoms with E-state index in [9.17, 15) is 4.79 Å². The monoisotopic (exact) mass is 361 g/mol. The van der Waals surface area contributed by atoms with Gasteiger partial charge < -0.3 is 25.5 Å². The van der Waals surface area contributed by atoms with E-state index >= 15 is 0 Å². The van der Waals surface area contributed by atoms with Crippen LogP contribution in [-0.2, 0) is 15.9 Å². The summed E-state index contributed by atoms with van der Waals surface area (Å²) in [7, 11) is 0. The second kappa shape index (κ2) is 9.03. The van der Waals surface area contributed by atoms with Crippen LogP contribution in [0.1, 0.15) is 58.1 Å². The fraction of sp³-hybridized carbons (Fsp3) is 0.600. The van der Waals surface area contributed by atoms with Crippen molar-refractivity contribution in [3.63, 3.8) is 0 Å². The van der Waals surface area contributed by atoms with E-state index in [1.165, 1.54) is 6.21 Å². The lowest BCUT2D eigenvalue weighted by molar-refractivity contribution is 0.0343. The Labute approximate surface area is 156 Å². The second-order valence-corrected chi connectivity index (χ2v) is 7.77. The minimum atomic E-state index is -0.520. The highest BCUT2D eigenvalue weighted by Crippen LogP contribution is 2.23. The van der Waals surface area contributed by atoms with E-state index in [2.05, 4.69) is 10.6 Å². The highest BCUT2D eigenvalue weighted by molar-refractivity contribution is 5.88. The van der Waals surface area contributed by atoms with Crippen LogP contribution in [0.4, 0.5) is 10.5 Å². The van der Waals surface area contributed by atoms with Crippen molar-refractivity contribution in [2.24, 2.45) is 0 Å². The molecule has 1 aliphatic rings. The lowest BCUT2D eigenvalue weighted by Crippen LogP contribution is -2.38. The Kier molecular flexibility index (Phi) is 7.03. The van der Waals surface area contributed by atoms with Gasteiger partial charge in [-0.1, -0.05) is 12.1 Å². The summed E-state index contributed by atoms with van der Waals surface area (Å²) in [6.07, 6.45) is 4.77. The van der Waals surface area contributed by atoms with Gasteiger partial charge in [0, 0.05) is 30.1 Å². The average Bonchev–Trinajstić information content (AvgIpc) is 2.54. The van der Waals surface area contributed by atoms with E-state index in [1.54, 1.807) is 0 Å².